The first kappa shape index (κ1) is 9.95. The second-order valence-corrected chi connectivity index (χ2v) is 5.12. The van der Waals surface area contributed by atoms with Gasteiger partial charge in [-0.05, 0) is 12.3 Å². The van der Waals surface area contributed by atoms with Gasteiger partial charge in [0.2, 0.25) is 10.0 Å². The van der Waals surface area contributed by atoms with Crippen LogP contribution in [0.25, 0.3) is 0 Å². The molecule has 5 heteroatoms. The van der Waals surface area contributed by atoms with E-state index in [1.54, 1.807) is 0 Å². The first-order valence-corrected chi connectivity index (χ1v) is 5.93. The van der Waals surface area contributed by atoms with Crippen molar-refractivity contribution in [3.63, 3.8) is 0 Å². The van der Waals surface area contributed by atoms with Gasteiger partial charge in [0.15, 0.2) is 0 Å². The molecule has 0 saturated carbocycles. The molecule has 1 N–H and O–H groups in total. The summed E-state index contributed by atoms with van der Waals surface area (Å²) in [5, 5.41) is 0. The van der Waals surface area contributed by atoms with E-state index in [1.165, 1.54) is 6.26 Å². The topological polar surface area (TPSA) is 55.4 Å². The molecule has 0 aliphatic carbocycles. The molecule has 1 aliphatic rings. The van der Waals surface area contributed by atoms with Crippen LogP contribution in [-0.4, -0.2) is 33.9 Å². The van der Waals surface area contributed by atoms with E-state index >= 15 is 0 Å². The molecule has 0 bridgehead atoms. The van der Waals surface area contributed by atoms with E-state index in [-0.39, 0.29) is 12.0 Å². The van der Waals surface area contributed by atoms with Crippen molar-refractivity contribution in [3.8, 4) is 0 Å². The molecule has 4 nitrogen and oxygen atoms in total. The van der Waals surface area contributed by atoms with Crippen LogP contribution in [0.3, 0.4) is 0 Å². The molecule has 0 aromatic carbocycles. The molecule has 1 rings (SSSR count). The second-order valence-electron chi connectivity index (χ2n) is 3.34. The van der Waals surface area contributed by atoms with Crippen LogP contribution in [0.2, 0.25) is 0 Å². The molecular formula is C7H15NO3S. The molecule has 2 unspecified atom stereocenters. The summed E-state index contributed by atoms with van der Waals surface area (Å²) in [6.45, 7) is 3.28. The number of hydrogen-bond donors (Lipinski definition) is 1. The Morgan fingerprint density at radius 2 is 2.17 bits per heavy atom. The smallest absolute Gasteiger partial charge is 0.208 e. The van der Waals surface area contributed by atoms with Gasteiger partial charge in [0, 0.05) is 12.6 Å². The average molecular weight is 193 g/mol. The molecule has 0 spiro atoms. The minimum absolute atomic E-state index is 0.0498. The Hall–Kier alpha value is -0.130. The quantitative estimate of drug-likeness (QED) is 0.669. The minimum atomic E-state index is -3.06. The highest BCUT2D eigenvalue weighted by Crippen LogP contribution is 2.14. The van der Waals surface area contributed by atoms with Crippen molar-refractivity contribution in [1.29, 1.82) is 0 Å². The summed E-state index contributed by atoms with van der Waals surface area (Å²) < 4.78 is 29.6. The van der Waals surface area contributed by atoms with Crippen molar-refractivity contribution < 1.29 is 13.2 Å². The molecule has 0 radical (unpaired) electrons. The number of sulfonamides is 1. The van der Waals surface area contributed by atoms with Gasteiger partial charge in [0.25, 0.3) is 0 Å². The molecule has 12 heavy (non-hydrogen) atoms. The summed E-state index contributed by atoms with van der Waals surface area (Å²) in [7, 11) is -3.06. The Morgan fingerprint density at radius 3 is 2.67 bits per heavy atom. The fourth-order valence-corrected chi connectivity index (χ4v) is 2.23. The first-order chi connectivity index (χ1) is 5.49. The Balaban J connectivity index is 2.50. The minimum Gasteiger partial charge on any atom is -0.381 e. The Morgan fingerprint density at radius 1 is 1.50 bits per heavy atom. The van der Waals surface area contributed by atoms with Crippen LogP contribution in [-0.2, 0) is 14.8 Å². The molecular weight excluding hydrogens is 178 g/mol. The zero-order valence-corrected chi connectivity index (χ0v) is 8.23. The summed E-state index contributed by atoms with van der Waals surface area (Å²) in [5.41, 5.74) is 0. The van der Waals surface area contributed by atoms with Gasteiger partial charge < -0.3 is 4.74 Å². The molecule has 1 aliphatic heterocycles. The molecule has 1 fully saturated rings. The van der Waals surface area contributed by atoms with Crippen molar-refractivity contribution in [1.82, 2.24) is 4.72 Å². The molecule has 72 valence electrons. The highest BCUT2D eigenvalue weighted by atomic mass is 32.2. The van der Waals surface area contributed by atoms with Crippen LogP contribution in [0.5, 0.6) is 0 Å². The lowest BCUT2D eigenvalue weighted by Gasteiger charge is -2.28. The number of rotatable bonds is 2. The van der Waals surface area contributed by atoms with E-state index in [0.717, 1.165) is 6.42 Å². The van der Waals surface area contributed by atoms with Gasteiger partial charge >= 0.3 is 0 Å². The van der Waals surface area contributed by atoms with E-state index < -0.39 is 10.0 Å². The average Bonchev–Trinajstić information content (AvgIpc) is 1.91. The van der Waals surface area contributed by atoms with E-state index in [9.17, 15) is 8.42 Å². The predicted molar refractivity (Wildman–Crippen MR) is 46.4 cm³/mol. The molecule has 2 atom stereocenters. The van der Waals surface area contributed by atoms with Gasteiger partial charge in [-0.3, -0.25) is 0 Å². The highest BCUT2D eigenvalue weighted by molar-refractivity contribution is 7.88. The number of nitrogens with one attached hydrogen (secondary N) is 1. The first-order valence-electron chi connectivity index (χ1n) is 4.04. The largest absolute Gasteiger partial charge is 0.381 e. The van der Waals surface area contributed by atoms with E-state index in [1.807, 2.05) is 6.92 Å². The van der Waals surface area contributed by atoms with Gasteiger partial charge in [-0.2, -0.15) is 0 Å². The Labute approximate surface area is 73.3 Å². The van der Waals surface area contributed by atoms with Crippen molar-refractivity contribution in [2.45, 2.75) is 19.4 Å². The van der Waals surface area contributed by atoms with Crippen molar-refractivity contribution in [3.05, 3.63) is 0 Å². The molecule has 0 aromatic heterocycles. The van der Waals surface area contributed by atoms with Crippen LogP contribution in [0.15, 0.2) is 0 Å². The lowest BCUT2D eigenvalue weighted by molar-refractivity contribution is 0.0451. The van der Waals surface area contributed by atoms with Crippen molar-refractivity contribution >= 4 is 10.0 Å². The van der Waals surface area contributed by atoms with Gasteiger partial charge in [0.05, 0.1) is 12.9 Å². The van der Waals surface area contributed by atoms with Crippen molar-refractivity contribution in [2.75, 3.05) is 19.5 Å². The van der Waals surface area contributed by atoms with E-state index in [2.05, 4.69) is 4.72 Å². The third kappa shape index (κ3) is 3.08. The summed E-state index contributed by atoms with van der Waals surface area (Å²) in [4.78, 5) is 0. The fraction of sp³-hybridized carbons (Fsp3) is 1.00. The number of ether oxygens (including phenoxy) is 1. The third-order valence-corrected chi connectivity index (χ3v) is 2.74. The zero-order chi connectivity index (χ0) is 9.19. The fourth-order valence-electron chi connectivity index (χ4n) is 1.33. The second kappa shape index (κ2) is 3.72. The Kier molecular flexibility index (Phi) is 3.09. The molecule has 0 aromatic rings. The molecule has 1 heterocycles. The van der Waals surface area contributed by atoms with Crippen molar-refractivity contribution in [2.24, 2.45) is 5.92 Å². The summed E-state index contributed by atoms with van der Waals surface area (Å²) >= 11 is 0. The van der Waals surface area contributed by atoms with E-state index in [0.29, 0.717) is 13.2 Å². The lowest BCUT2D eigenvalue weighted by Crippen LogP contribution is -2.43. The normalized spacial score (nSPS) is 31.8. The summed E-state index contributed by atoms with van der Waals surface area (Å²) in [6.07, 6.45) is 1.96. The van der Waals surface area contributed by atoms with Crippen LogP contribution >= 0.6 is 0 Å². The standard InChI is InChI=1S/C7H15NO3S/c1-6-5-11-4-3-7(6)8-12(2,9)10/h6-8H,3-5H2,1-2H3. The highest BCUT2D eigenvalue weighted by Gasteiger charge is 2.24. The summed E-state index contributed by atoms with van der Waals surface area (Å²) in [6, 6.07) is 0.0498. The van der Waals surface area contributed by atoms with Gasteiger partial charge in [-0.25, -0.2) is 13.1 Å². The maximum atomic E-state index is 10.9. The van der Waals surface area contributed by atoms with Crippen LogP contribution in [0, 0.1) is 5.92 Å². The lowest BCUT2D eigenvalue weighted by atomic mass is 9.99. The maximum absolute atomic E-state index is 10.9. The predicted octanol–water partition coefficient (Wildman–Crippen LogP) is -0.0394. The third-order valence-electron chi connectivity index (χ3n) is 2.01. The maximum Gasteiger partial charge on any atom is 0.208 e. The Bertz CT molecular complexity index is 237. The number of hydrogen-bond acceptors (Lipinski definition) is 3. The van der Waals surface area contributed by atoms with Crippen LogP contribution < -0.4 is 4.72 Å². The van der Waals surface area contributed by atoms with Gasteiger partial charge in [-0.15, -0.1) is 0 Å². The van der Waals surface area contributed by atoms with Gasteiger partial charge in [0.1, 0.15) is 0 Å². The molecule has 1 saturated heterocycles. The summed E-state index contributed by atoms with van der Waals surface area (Å²) in [5.74, 6) is 0.272. The van der Waals surface area contributed by atoms with E-state index in [4.69, 9.17) is 4.74 Å². The zero-order valence-electron chi connectivity index (χ0n) is 7.41. The van der Waals surface area contributed by atoms with Crippen LogP contribution in [0.1, 0.15) is 13.3 Å². The monoisotopic (exact) mass is 193 g/mol. The van der Waals surface area contributed by atoms with Crippen LogP contribution in [0.4, 0.5) is 0 Å². The SMILES string of the molecule is CC1COCCC1NS(C)(=O)=O. The van der Waals surface area contributed by atoms with Gasteiger partial charge in [-0.1, -0.05) is 6.92 Å². The molecule has 0 amide bonds.